The monoisotopic (exact) mass is 394 g/mol. The van der Waals surface area contributed by atoms with Crippen LogP contribution < -0.4 is 3.80 Å². The molecule has 1 aliphatic rings. The molecule has 5 heteroatoms. The van der Waals surface area contributed by atoms with E-state index in [1.165, 1.54) is 22.3 Å². The van der Waals surface area contributed by atoms with Crippen molar-refractivity contribution < 1.29 is 10.1 Å². The zero-order valence-electron chi connectivity index (χ0n) is 15.1. The molecule has 0 fully saturated rings. The molecule has 0 radical (unpaired) electrons. The molecule has 1 nitrogen and oxygen atoms in total. The first kappa shape index (κ1) is 18.8. The summed E-state index contributed by atoms with van der Waals surface area (Å²) < 4.78 is 3.87. The zero-order valence-corrected chi connectivity index (χ0v) is 20.2. The molecule has 0 aromatic heterocycles. The van der Waals surface area contributed by atoms with Gasteiger partial charge in [0.1, 0.15) is 0 Å². The third-order valence-corrected chi connectivity index (χ3v) is 18.7. The van der Waals surface area contributed by atoms with Crippen molar-refractivity contribution in [3.8, 4) is 0 Å². The van der Waals surface area contributed by atoms with Gasteiger partial charge < -0.3 is 0 Å². The molecule has 0 amide bonds. The third kappa shape index (κ3) is 3.29. The van der Waals surface area contributed by atoms with Crippen molar-refractivity contribution in [3.05, 3.63) is 41.0 Å². The van der Waals surface area contributed by atoms with Gasteiger partial charge in [-0.2, -0.15) is 0 Å². The van der Waals surface area contributed by atoms with Crippen LogP contribution >= 0.6 is 18.6 Å². The van der Waals surface area contributed by atoms with E-state index in [9.17, 15) is 0 Å². The Morgan fingerprint density at radius 1 is 1.09 bits per heavy atom. The zero-order chi connectivity index (χ0) is 17.3. The van der Waals surface area contributed by atoms with E-state index in [0.717, 1.165) is 0 Å². The first-order valence-corrected chi connectivity index (χ1v) is 22.9. The summed E-state index contributed by atoms with van der Waals surface area (Å²) >= 11 is 0. The fourth-order valence-corrected chi connectivity index (χ4v) is 26.8. The molecule has 125 valence electrons. The maximum absolute atomic E-state index is 7.64. The molecule has 1 N–H and O–H groups in total. The van der Waals surface area contributed by atoms with Crippen LogP contribution in [0.25, 0.3) is 5.57 Å². The van der Waals surface area contributed by atoms with Crippen molar-refractivity contribution in [2.45, 2.75) is 54.8 Å². The van der Waals surface area contributed by atoms with Crippen LogP contribution in [-0.2, 0) is 10.1 Å². The summed E-state index contributed by atoms with van der Waals surface area (Å²) in [5.74, 6) is 0. The number of halogens is 2. The summed E-state index contributed by atoms with van der Waals surface area (Å²) in [5.41, 5.74) is 5.08. The molecule has 1 unspecified atom stereocenters. The Hall–Kier alpha value is 0.431. The van der Waals surface area contributed by atoms with E-state index < -0.39 is 10.1 Å². The molecule has 1 aliphatic carbocycles. The molecular weight excluding hydrogens is 365 g/mol. The first-order valence-electron chi connectivity index (χ1n) is 8.07. The number of allylic oxidation sites excluding steroid dienone is 2. The van der Waals surface area contributed by atoms with Gasteiger partial charge in [-0.3, -0.25) is 0 Å². The van der Waals surface area contributed by atoms with Crippen LogP contribution in [0.3, 0.4) is 0 Å². The fourth-order valence-electron chi connectivity index (χ4n) is 5.03. The van der Waals surface area contributed by atoms with Gasteiger partial charge in [-0.25, -0.2) is 0 Å². The van der Waals surface area contributed by atoms with Gasteiger partial charge in [-0.1, -0.05) is 0 Å². The van der Waals surface area contributed by atoms with Crippen LogP contribution in [0.15, 0.2) is 29.8 Å². The molecular formula is C17H30Cl2NSiTi. The summed E-state index contributed by atoms with van der Waals surface area (Å²) in [7, 11) is 11.0. The first-order chi connectivity index (χ1) is 9.37. The topological polar surface area (TPSA) is 12.0 Å². The Bertz CT molecular complexity index is 701. The summed E-state index contributed by atoms with van der Waals surface area (Å²) in [6, 6.07) is 8.57. The summed E-state index contributed by atoms with van der Waals surface area (Å²) in [5, 5.41) is 4.31. The van der Waals surface area contributed by atoms with E-state index >= 15 is 0 Å². The van der Waals surface area contributed by atoms with Crippen molar-refractivity contribution in [1.29, 1.82) is 0 Å². The number of fused-ring (bicyclic) bond motifs is 1. The van der Waals surface area contributed by atoms with Crippen LogP contribution in [0.5, 0.6) is 0 Å². The van der Waals surface area contributed by atoms with Crippen molar-refractivity contribution in [1.82, 2.24) is 3.80 Å². The standard InChI is InChI=1S/C11H11.C4H10N.2CH3.2ClH.H3Si.Ti/c1-8-7-10-5-3-4-6-11(10)9(8)2;1-4(2,3)5;;;;;;/h3-7H,1-2H3;5H,1-3H3;2*1H3;2*1H;1H3;/q;-1;;;;;;+3/p-2. The minimum atomic E-state index is -4.96. The summed E-state index contributed by atoms with van der Waals surface area (Å²) in [6.45, 7) is 10.8. The van der Waals surface area contributed by atoms with E-state index in [1.54, 1.807) is 0 Å². The van der Waals surface area contributed by atoms with E-state index in [0.29, 0.717) is 8.11 Å². The van der Waals surface area contributed by atoms with E-state index in [4.69, 9.17) is 18.6 Å². The summed E-state index contributed by atoms with van der Waals surface area (Å²) in [6.07, 6.45) is 0. The van der Waals surface area contributed by atoms with Gasteiger partial charge >= 0.3 is 142 Å². The number of hydrogen-bond donors (Lipinski definition) is 1. The predicted octanol–water partition coefficient (Wildman–Crippen LogP) is 5.28. The van der Waals surface area contributed by atoms with Crippen molar-refractivity contribution in [2.75, 3.05) is 0 Å². The quantitative estimate of drug-likeness (QED) is 0.672. The van der Waals surface area contributed by atoms with E-state index in [2.05, 4.69) is 73.1 Å². The van der Waals surface area contributed by atoms with Crippen molar-refractivity contribution in [2.24, 2.45) is 0 Å². The Labute approximate surface area is 141 Å². The van der Waals surface area contributed by atoms with Gasteiger partial charge in [-0.05, 0) is 0 Å². The molecule has 0 spiro atoms. The number of hydrogen-bond acceptors (Lipinski definition) is 1. The Morgan fingerprint density at radius 3 is 2.09 bits per heavy atom. The molecule has 0 bridgehead atoms. The Kier molecular flexibility index (Phi) is 3.39. The van der Waals surface area contributed by atoms with Crippen molar-refractivity contribution in [3.63, 3.8) is 0 Å². The van der Waals surface area contributed by atoms with E-state index in [-0.39, 0.29) is 9.76 Å². The Morgan fingerprint density at radius 2 is 1.59 bits per heavy atom. The number of benzene rings is 1. The average molecular weight is 395 g/mol. The molecule has 0 aliphatic heterocycles. The maximum atomic E-state index is 7.64. The van der Waals surface area contributed by atoms with Crippen LogP contribution in [0.1, 0.15) is 50.0 Å². The van der Waals surface area contributed by atoms with Crippen LogP contribution in [0.2, 0.25) is 10.5 Å². The molecule has 1 aromatic rings. The molecule has 22 heavy (non-hydrogen) atoms. The van der Waals surface area contributed by atoms with Crippen LogP contribution in [-0.4, -0.2) is 13.6 Å². The number of rotatable bonds is 2. The van der Waals surface area contributed by atoms with Gasteiger partial charge in [0.25, 0.3) is 0 Å². The second-order valence-corrected chi connectivity index (χ2v) is 64.2. The Balaban J connectivity index is 2.84. The van der Waals surface area contributed by atoms with Crippen LogP contribution in [0, 0.1) is 0 Å². The molecule has 1 atom stereocenters. The van der Waals surface area contributed by atoms with Gasteiger partial charge in [0.2, 0.25) is 0 Å². The second-order valence-electron chi connectivity index (χ2n) is 10.6. The molecule has 0 saturated carbocycles. The average Bonchev–Trinajstić information content (AvgIpc) is 2.47. The fraction of sp³-hybridized carbons (Fsp3) is 0.529. The van der Waals surface area contributed by atoms with Gasteiger partial charge in [-0.15, -0.1) is 0 Å². The molecule has 0 saturated heterocycles. The predicted molar refractivity (Wildman–Crippen MR) is 104 cm³/mol. The molecule has 1 aromatic carbocycles. The molecule has 2 rings (SSSR count). The normalized spacial score (nSPS) is 24.4. The van der Waals surface area contributed by atoms with Crippen molar-refractivity contribution >= 4 is 32.3 Å². The van der Waals surface area contributed by atoms with Gasteiger partial charge in [0.15, 0.2) is 0 Å². The number of nitrogens with one attached hydrogen (secondary N) is 1. The summed E-state index contributed by atoms with van der Waals surface area (Å²) in [4.78, 5) is 0. The minimum absolute atomic E-state index is 0.0725. The van der Waals surface area contributed by atoms with Gasteiger partial charge in [0.05, 0.1) is 0 Å². The van der Waals surface area contributed by atoms with Crippen LogP contribution in [0.4, 0.5) is 0 Å². The van der Waals surface area contributed by atoms with Gasteiger partial charge in [0, 0.05) is 0 Å². The SMILES string of the molecule is CC1=C(C)[CH]([Ti]([CH3])([CH3])([SiH3])([Cl])([Cl])[NH]C(C)(C)C)c2ccccc21. The third-order valence-electron chi connectivity index (χ3n) is 4.85. The van der Waals surface area contributed by atoms with E-state index in [1.807, 2.05) is 0 Å². The second kappa shape index (κ2) is 3.98. The molecule has 0 heterocycles.